The molecule has 0 aliphatic heterocycles. The smallest absolute Gasteiger partial charge is 0.258 e. The first-order valence-corrected chi connectivity index (χ1v) is 7.69. The lowest BCUT2D eigenvalue weighted by Crippen LogP contribution is -2.10. The molecular weight excluding hydrogens is 353 g/mol. The SMILES string of the molecule is O=[N+]([O-])c1cc(Br)c(F)cc1S(=O)(=O)CCCCl. The Bertz CT molecular complexity index is 578. The van der Waals surface area contributed by atoms with E-state index in [9.17, 15) is 22.9 Å². The molecule has 9 heteroatoms. The van der Waals surface area contributed by atoms with Crippen LogP contribution in [0.1, 0.15) is 6.42 Å². The summed E-state index contributed by atoms with van der Waals surface area (Å²) in [6.07, 6.45) is 0.138. The summed E-state index contributed by atoms with van der Waals surface area (Å²) in [7, 11) is -3.92. The summed E-state index contributed by atoms with van der Waals surface area (Å²) in [6, 6.07) is 1.48. The number of halogens is 3. The Hall–Kier alpha value is -0.730. The van der Waals surface area contributed by atoms with Gasteiger partial charge >= 0.3 is 0 Å². The van der Waals surface area contributed by atoms with Crippen LogP contribution in [0.4, 0.5) is 10.1 Å². The Morgan fingerprint density at radius 3 is 2.56 bits per heavy atom. The molecule has 5 nitrogen and oxygen atoms in total. The van der Waals surface area contributed by atoms with Gasteiger partial charge in [-0.25, -0.2) is 12.8 Å². The fourth-order valence-corrected chi connectivity index (χ4v) is 3.37. The van der Waals surface area contributed by atoms with Crippen molar-refractivity contribution in [3.8, 4) is 0 Å². The normalized spacial score (nSPS) is 11.5. The van der Waals surface area contributed by atoms with Crippen LogP contribution in [0.2, 0.25) is 0 Å². The molecule has 0 N–H and O–H groups in total. The number of nitro groups is 1. The van der Waals surface area contributed by atoms with Gasteiger partial charge in [-0.15, -0.1) is 11.6 Å². The molecule has 1 rings (SSSR count). The zero-order chi connectivity index (χ0) is 13.9. The largest absolute Gasteiger partial charge is 0.289 e. The van der Waals surface area contributed by atoms with Crippen LogP contribution in [0.15, 0.2) is 21.5 Å². The molecule has 100 valence electrons. The molecule has 0 amide bonds. The maximum absolute atomic E-state index is 13.3. The number of hydrogen-bond acceptors (Lipinski definition) is 4. The van der Waals surface area contributed by atoms with Gasteiger partial charge in [-0.3, -0.25) is 10.1 Å². The predicted molar refractivity (Wildman–Crippen MR) is 68.1 cm³/mol. The summed E-state index contributed by atoms with van der Waals surface area (Å²) < 4.78 is 36.8. The van der Waals surface area contributed by atoms with Crippen LogP contribution >= 0.6 is 27.5 Å². The number of alkyl halides is 1. The summed E-state index contributed by atoms with van der Waals surface area (Å²) in [6.45, 7) is 0. The molecule has 0 bridgehead atoms. The van der Waals surface area contributed by atoms with Crippen LogP contribution in [0.5, 0.6) is 0 Å². The lowest BCUT2D eigenvalue weighted by atomic mass is 10.3. The van der Waals surface area contributed by atoms with Gasteiger partial charge in [0.25, 0.3) is 5.69 Å². The second-order valence-corrected chi connectivity index (χ2v) is 6.66. The van der Waals surface area contributed by atoms with Gasteiger partial charge in [0.15, 0.2) is 9.84 Å². The first-order chi connectivity index (χ1) is 8.29. The van der Waals surface area contributed by atoms with E-state index < -0.39 is 31.2 Å². The second kappa shape index (κ2) is 5.94. The van der Waals surface area contributed by atoms with Crippen LogP contribution < -0.4 is 0 Å². The highest BCUT2D eigenvalue weighted by molar-refractivity contribution is 9.10. The maximum atomic E-state index is 13.3. The molecule has 0 spiro atoms. The molecule has 1 aromatic carbocycles. The van der Waals surface area contributed by atoms with Gasteiger partial charge in [0.1, 0.15) is 10.7 Å². The summed E-state index contributed by atoms with van der Waals surface area (Å²) in [5.41, 5.74) is -0.655. The summed E-state index contributed by atoms with van der Waals surface area (Å²) in [5.74, 6) is -1.13. The molecule has 0 heterocycles. The van der Waals surface area contributed by atoms with E-state index in [2.05, 4.69) is 15.9 Å². The molecular formula is C9H8BrClFNO4S. The lowest BCUT2D eigenvalue weighted by Gasteiger charge is -2.05. The van der Waals surface area contributed by atoms with Crippen molar-refractivity contribution in [2.24, 2.45) is 0 Å². The van der Waals surface area contributed by atoms with E-state index in [1.54, 1.807) is 0 Å². The van der Waals surface area contributed by atoms with Crippen molar-refractivity contribution in [2.75, 3.05) is 11.6 Å². The van der Waals surface area contributed by atoms with Crippen molar-refractivity contribution < 1.29 is 17.7 Å². The van der Waals surface area contributed by atoms with Crippen LogP contribution in [0.3, 0.4) is 0 Å². The molecule has 0 saturated carbocycles. The fraction of sp³-hybridized carbons (Fsp3) is 0.333. The average molecular weight is 361 g/mol. The summed E-state index contributed by atoms with van der Waals surface area (Å²) >= 11 is 8.15. The Balaban J connectivity index is 3.39. The Labute approximate surface area is 116 Å². The van der Waals surface area contributed by atoms with Crippen LogP contribution in [0, 0.1) is 15.9 Å². The van der Waals surface area contributed by atoms with E-state index in [1.165, 1.54) is 0 Å². The van der Waals surface area contributed by atoms with E-state index >= 15 is 0 Å². The molecule has 0 radical (unpaired) electrons. The molecule has 1 aromatic rings. The molecule has 0 fully saturated rings. The number of nitro benzene ring substituents is 1. The number of rotatable bonds is 5. The zero-order valence-corrected chi connectivity index (χ0v) is 12.1. The van der Waals surface area contributed by atoms with Crippen molar-refractivity contribution in [3.63, 3.8) is 0 Å². The third kappa shape index (κ3) is 3.39. The monoisotopic (exact) mass is 359 g/mol. The Kier molecular flexibility index (Phi) is 5.06. The highest BCUT2D eigenvalue weighted by Gasteiger charge is 2.27. The van der Waals surface area contributed by atoms with Crippen molar-refractivity contribution in [2.45, 2.75) is 11.3 Å². The number of nitrogens with zero attached hydrogens (tertiary/aromatic N) is 1. The maximum Gasteiger partial charge on any atom is 0.289 e. The van der Waals surface area contributed by atoms with E-state index in [0.717, 1.165) is 6.07 Å². The van der Waals surface area contributed by atoms with Gasteiger partial charge in [-0.1, -0.05) is 0 Å². The Morgan fingerprint density at radius 2 is 2.06 bits per heavy atom. The minimum atomic E-state index is -3.92. The molecule has 0 aromatic heterocycles. The van der Waals surface area contributed by atoms with E-state index in [0.29, 0.717) is 6.07 Å². The fourth-order valence-electron chi connectivity index (χ4n) is 1.26. The molecule has 0 unspecified atom stereocenters. The van der Waals surface area contributed by atoms with Gasteiger partial charge < -0.3 is 0 Å². The highest BCUT2D eigenvalue weighted by atomic mass is 79.9. The third-order valence-corrected chi connectivity index (χ3v) is 4.78. The molecule has 18 heavy (non-hydrogen) atoms. The van der Waals surface area contributed by atoms with E-state index in [4.69, 9.17) is 11.6 Å². The van der Waals surface area contributed by atoms with Crippen molar-refractivity contribution in [1.29, 1.82) is 0 Å². The quantitative estimate of drug-likeness (QED) is 0.459. The van der Waals surface area contributed by atoms with E-state index in [-0.39, 0.29) is 22.5 Å². The van der Waals surface area contributed by atoms with Gasteiger partial charge in [-0.2, -0.15) is 0 Å². The number of sulfone groups is 1. The van der Waals surface area contributed by atoms with Crippen molar-refractivity contribution in [3.05, 3.63) is 32.5 Å². The van der Waals surface area contributed by atoms with Crippen molar-refractivity contribution >= 4 is 43.1 Å². The van der Waals surface area contributed by atoms with Crippen LogP contribution in [0.25, 0.3) is 0 Å². The van der Waals surface area contributed by atoms with Crippen LogP contribution in [-0.4, -0.2) is 25.0 Å². The molecule has 0 atom stereocenters. The van der Waals surface area contributed by atoms with Gasteiger partial charge in [-0.05, 0) is 22.4 Å². The van der Waals surface area contributed by atoms with Gasteiger partial charge in [0.2, 0.25) is 0 Å². The summed E-state index contributed by atoms with van der Waals surface area (Å²) in [5, 5.41) is 10.8. The van der Waals surface area contributed by atoms with E-state index in [1.807, 2.05) is 0 Å². The number of benzene rings is 1. The first kappa shape index (κ1) is 15.3. The zero-order valence-electron chi connectivity index (χ0n) is 8.90. The number of hydrogen-bond donors (Lipinski definition) is 0. The van der Waals surface area contributed by atoms with Crippen molar-refractivity contribution in [1.82, 2.24) is 0 Å². The third-order valence-electron chi connectivity index (χ3n) is 2.08. The average Bonchev–Trinajstić information content (AvgIpc) is 2.29. The van der Waals surface area contributed by atoms with Gasteiger partial charge in [0, 0.05) is 18.0 Å². The molecule has 0 aliphatic carbocycles. The first-order valence-electron chi connectivity index (χ1n) is 4.71. The lowest BCUT2D eigenvalue weighted by molar-refractivity contribution is -0.388. The molecule has 0 saturated heterocycles. The minimum Gasteiger partial charge on any atom is -0.258 e. The summed E-state index contributed by atoms with van der Waals surface area (Å²) in [4.78, 5) is 9.29. The van der Waals surface area contributed by atoms with Gasteiger partial charge in [0.05, 0.1) is 15.1 Å². The second-order valence-electron chi connectivity index (χ2n) is 3.35. The predicted octanol–water partition coefficient (Wildman–Crippen LogP) is 2.90. The highest BCUT2D eigenvalue weighted by Crippen LogP contribution is 2.30. The molecule has 0 aliphatic rings. The van der Waals surface area contributed by atoms with Crippen LogP contribution in [-0.2, 0) is 9.84 Å². The topological polar surface area (TPSA) is 77.3 Å². The minimum absolute atomic E-state index is 0.103. The Morgan fingerprint density at radius 1 is 1.44 bits per heavy atom. The standard InChI is InChI=1S/C9H8BrClFNO4S/c10-6-4-8(13(14)15)9(5-7(6)12)18(16,17)3-1-2-11/h4-5H,1-3H2.